The maximum Gasteiger partial charge on any atom is 0.232 e. The highest BCUT2D eigenvalue weighted by atomic mass is 32.2. The van der Waals surface area contributed by atoms with Crippen LogP contribution in [0, 0.1) is 22.7 Å². The number of hydrogen-bond donors (Lipinski definition) is 1. The van der Waals surface area contributed by atoms with Crippen molar-refractivity contribution < 1.29 is 8.42 Å². The van der Waals surface area contributed by atoms with Crippen molar-refractivity contribution in [1.82, 2.24) is 19.6 Å². The summed E-state index contributed by atoms with van der Waals surface area (Å²) in [5, 5.41) is 3.80. The molecule has 356 valence electrons. The fourth-order valence-corrected chi connectivity index (χ4v) is 12.9. The van der Waals surface area contributed by atoms with Crippen molar-refractivity contribution in [3.63, 3.8) is 0 Å². The number of benzene rings is 6. The van der Waals surface area contributed by atoms with Gasteiger partial charge in [-0.3, -0.25) is 14.1 Å². The zero-order chi connectivity index (χ0) is 46.7. The van der Waals surface area contributed by atoms with E-state index < -0.39 is 10.0 Å². The van der Waals surface area contributed by atoms with Crippen LogP contribution in [0.15, 0.2) is 182 Å². The molecule has 6 aromatic carbocycles. The van der Waals surface area contributed by atoms with Gasteiger partial charge in [-0.05, 0) is 97.1 Å². The summed E-state index contributed by atoms with van der Waals surface area (Å²) < 4.78 is 27.8. The van der Waals surface area contributed by atoms with Crippen LogP contribution >= 0.6 is 0 Å². The monoisotopic (exact) mass is 929 g/mol. The Balaban J connectivity index is 0.000000171. The van der Waals surface area contributed by atoms with Gasteiger partial charge in [0, 0.05) is 95.1 Å². The van der Waals surface area contributed by atoms with Gasteiger partial charge < -0.3 is 15.1 Å². The van der Waals surface area contributed by atoms with Crippen molar-refractivity contribution >= 4 is 21.4 Å². The third-order valence-electron chi connectivity index (χ3n) is 15.4. The van der Waals surface area contributed by atoms with E-state index in [1.165, 1.54) is 66.8 Å². The summed E-state index contributed by atoms with van der Waals surface area (Å²) in [5.41, 5.74) is 7.74. The number of hydrogen-bond acceptors (Lipinski definition) is 7. The Hall–Kier alpha value is -5.29. The molecular weight excluding hydrogens is 857 g/mol. The zero-order valence-corrected chi connectivity index (χ0v) is 41.0. The zero-order valence-electron chi connectivity index (χ0n) is 40.2. The van der Waals surface area contributed by atoms with Gasteiger partial charge in [0.2, 0.25) is 10.0 Å². The molecular formula is C59H72N6O2S. The minimum Gasteiger partial charge on any atom is -0.384 e. The molecule has 0 bridgehead atoms. The highest BCUT2D eigenvalue weighted by molar-refractivity contribution is 7.92. The lowest BCUT2D eigenvalue weighted by atomic mass is 9.73. The maximum atomic E-state index is 13.1. The predicted molar refractivity (Wildman–Crippen MR) is 281 cm³/mol. The Morgan fingerprint density at radius 1 is 0.500 bits per heavy atom. The average molecular weight is 929 g/mol. The number of likely N-dealkylation sites (tertiary alicyclic amines) is 4. The third-order valence-corrected chi connectivity index (χ3v) is 16.5. The first-order valence-electron chi connectivity index (χ1n) is 25.1. The number of piperidine rings is 2. The number of rotatable bonds is 17. The third kappa shape index (κ3) is 12.5. The van der Waals surface area contributed by atoms with Crippen LogP contribution in [0.5, 0.6) is 0 Å². The highest BCUT2D eigenvalue weighted by Gasteiger charge is 2.52. The molecule has 8 nitrogen and oxygen atoms in total. The van der Waals surface area contributed by atoms with E-state index in [1.807, 2.05) is 30.3 Å². The van der Waals surface area contributed by atoms with Crippen LogP contribution in [-0.4, -0.2) is 113 Å². The second kappa shape index (κ2) is 22.4. The Morgan fingerprint density at radius 2 is 0.882 bits per heavy atom. The minimum atomic E-state index is -3.41. The quantitative estimate of drug-likeness (QED) is 0.0979. The second-order valence-electron chi connectivity index (χ2n) is 20.4. The van der Waals surface area contributed by atoms with E-state index in [0.29, 0.717) is 17.9 Å². The van der Waals surface area contributed by atoms with Crippen LogP contribution in [0.25, 0.3) is 0 Å². The highest BCUT2D eigenvalue weighted by Crippen LogP contribution is 2.45. The molecule has 0 saturated carbocycles. The average Bonchev–Trinajstić information content (AvgIpc) is 3.92. The Kier molecular flexibility index (Phi) is 15.8. The number of sulfonamides is 1. The van der Waals surface area contributed by atoms with Crippen molar-refractivity contribution in [3.8, 4) is 0 Å². The molecule has 4 unspecified atom stereocenters. The van der Waals surface area contributed by atoms with E-state index in [9.17, 15) is 8.42 Å². The standard InChI is InChI=1S/C30H37N3O2S.C29H35N3/c1-36(34,35)33(29-15-9-4-10-16-29)25-30-23-31(19-17-26-11-5-2-6-12-26)20-18-28(30)22-32(24-30)21-27-13-7-3-8-14-27;1-4-10-25(11-5-1)16-18-31-19-17-27-21-32(20-26-12-6-2-7-13-26)24-29(27,23-31)22-30-28-14-8-3-9-15-28/h2-16,28H,17-25H2,1H3;1-15,27,30H,16-24H2. The molecule has 0 radical (unpaired) electrons. The van der Waals surface area contributed by atoms with Gasteiger partial charge in [0.25, 0.3) is 0 Å². The molecule has 4 saturated heterocycles. The second-order valence-corrected chi connectivity index (χ2v) is 22.3. The summed E-state index contributed by atoms with van der Waals surface area (Å²) in [6.07, 6.45) is 5.91. The van der Waals surface area contributed by atoms with Crippen LogP contribution in [0.2, 0.25) is 0 Å². The van der Waals surface area contributed by atoms with Crippen LogP contribution < -0.4 is 9.62 Å². The van der Waals surface area contributed by atoms with Crippen molar-refractivity contribution in [2.75, 3.05) is 94.4 Å². The van der Waals surface area contributed by atoms with E-state index in [0.717, 1.165) is 89.8 Å². The molecule has 6 aromatic rings. The lowest BCUT2D eigenvalue weighted by Crippen LogP contribution is -2.55. The van der Waals surface area contributed by atoms with Crippen LogP contribution in [0.3, 0.4) is 0 Å². The van der Waals surface area contributed by atoms with Crippen molar-refractivity contribution in [3.05, 3.63) is 204 Å². The van der Waals surface area contributed by atoms with Gasteiger partial charge >= 0.3 is 0 Å². The molecule has 9 heteroatoms. The molecule has 0 amide bonds. The van der Waals surface area contributed by atoms with Crippen LogP contribution in [-0.2, 0) is 36.0 Å². The van der Waals surface area contributed by atoms with Crippen molar-refractivity contribution in [2.45, 2.75) is 38.8 Å². The molecule has 10 rings (SSSR count). The summed E-state index contributed by atoms with van der Waals surface area (Å²) >= 11 is 0. The molecule has 4 fully saturated rings. The summed E-state index contributed by atoms with van der Waals surface area (Å²) in [4.78, 5) is 10.5. The number of nitrogens with one attached hydrogen (secondary N) is 1. The van der Waals surface area contributed by atoms with Crippen LogP contribution in [0.1, 0.15) is 35.1 Å². The van der Waals surface area contributed by atoms with E-state index in [4.69, 9.17) is 0 Å². The predicted octanol–water partition coefficient (Wildman–Crippen LogP) is 9.68. The molecule has 4 aliphatic rings. The molecule has 68 heavy (non-hydrogen) atoms. The fourth-order valence-electron chi connectivity index (χ4n) is 11.9. The lowest BCUT2D eigenvalue weighted by Gasteiger charge is -2.46. The normalized spacial score (nSPS) is 23.2. The largest absolute Gasteiger partial charge is 0.384 e. The molecule has 4 heterocycles. The smallest absolute Gasteiger partial charge is 0.232 e. The fraction of sp³-hybridized carbons (Fsp3) is 0.390. The first-order chi connectivity index (χ1) is 33.2. The molecule has 1 N–H and O–H groups in total. The number of nitrogens with zero attached hydrogens (tertiary/aromatic N) is 5. The van der Waals surface area contributed by atoms with Gasteiger partial charge in [0.05, 0.1) is 11.9 Å². The summed E-state index contributed by atoms with van der Waals surface area (Å²) in [6, 6.07) is 63.6. The number of para-hydroxylation sites is 2. The number of anilines is 2. The van der Waals surface area contributed by atoms with Gasteiger partial charge in [-0.15, -0.1) is 0 Å². The maximum absolute atomic E-state index is 13.1. The Labute approximate surface area is 407 Å². The summed E-state index contributed by atoms with van der Waals surface area (Å²) in [6.45, 7) is 14.4. The van der Waals surface area contributed by atoms with Gasteiger partial charge in [-0.1, -0.05) is 158 Å². The molecule has 0 aliphatic carbocycles. The SMILES string of the molecule is CS(=O)(=O)N(CC12CN(CCc3ccccc3)CCC1CN(Cc1ccccc1)C2)c1ccccc1.c1ccc(CCN2CCC3CN(Cc4ccccc4)CC3(CNc3ccccc3)C2)cc1. The van der Waals surface area contributed by atoms with Gasteiger partial charge in [0.15, 0.2) is 0 Å². The van der Waals surface area contributed by atoms with Gasteiger partial charge in [0.1, 0.15) is 0 Å². The van der Waals surface area contributed by atoms with Crippen molar-refractivity contribution in [1.29, 1.82) is 0 Å². The first kappa shape index (κ1) is 47.8. The topological polar surface area (TPSA) is 62.4 Å². The van der Waals surface area contributed by atoms with E-state index >= 15 is 0 Å². The summed E-state index contributed by atoms with van der Waals surface area (Å²) in [5.74, 6) is 1.23. The van der Waals surface area contributed by atoms with E-state index in [1.54, 1.807) is 4.31 Å². The van der Waals surface area contributed by atoms with Gasteiger partial charge in [-0.2, -0.15) is 0 Å². The first-order valence-corrected chi connectivity index (χ1v) is 26.9. The lowest BCUT2D eigenvalue weighted by molar-refractivity contribution is 0.0687. The van der Waals surface area contributed by atoms with E-state index in [2.05, 4.69) is 177 Å². The molecule has 0 spiro atoms. The van der Waals surface area contributed by atoms with Gasteiger partial charge in [-0.25, -0.2) is 8.42 Å². The Morgan fingerprint density at radius 3 is 1.35 bits per heavy atom. The number of fused-ring (bicyclic) bond motifs is 2. The molecule has 4 aliphatic heterocycles. The summed E-state index contributed by atoms with van der Waals surface area (Å²) in [7, 11) is -3.41. The van der Waals surface area contributed by atoms with Crippen LogP contribution in [0.4, 0.5) is 11.4 Å². The Bertz CT molecular complexity index is 2540. The van der Waals surface area contributed by atoms with Crippen molar-refractivity contribution in [2.24, 2.45) is 22.7 Å². The van der Waals surface area contributed by atoms with E-state index in [-0.39, 0.29) is 5.41 Å². The molecule has 0 aromatic heterocycles. The molecule has 4 atom stereocenters. The minimum absolute atomic E-state index is 0.108.